The number of aliphatic hydroxyl groups is 2. The molecule has 0 unspecified atom stereocenters. The number of carbonyl (C=O) groups excluding carboxylic acids is 1. The molecule has 0 spiro atoms. The van der Waals surface area contributed by atoms with Gasteiger partial charge in [-0.1, -0.05) is 0 Å². The van der Waals surface area contributed by atoms with Gasteiger partial charge >= 0.3 is 5.97 Å². The summed E-state index contributed by atoms with van der Waals surface area (Å²) < 4.78 is 5.10. The molecular formula is C12H24O4. The van der Waals surface area contributed by atoms with Gasteiger partial charge in [0.15, 0.2) is 5.60 Å². The number of rotatable bonds is 4. The van der Waals surface area contributed by atoms with E-state index < -0.39 is 22.8 Å². The molecule has 0 radical (unpaired) electrons. The lowest BCUT2D eigenvalue weighted by atomic mass is 9.93. The van der Waals surface area contributed by atoms with E-state index in [1.54, 1.807) is 34.6 Å². The Hall–Kier alpha value is -0.610. The van der Waals surface area contributed by atoms with Gasteiger partial charge in [-0.3, -0.25) is 0 Å². The molecule has 0 aliphatic rings. The molecule has 96 valence electrons. The van der Waals surface area contributed by atoms with E-state index in [0.717, 1.165) is 0 Å². The van der Waals surface area contributed by atoms with Crippen LogP contribution in [-0.2, 0) is 9.53 Å². The van der Waals surface area contributed by atoms with Crippen LogP contribution in [0, 0.1) is 0 Å². The summed E-state index contributed by atoms with van der Waals surface area (Å²) in [5.41, 5.74) is -3.06. The number of ether oxygens (including phenoxy) is 1. The zero-order valence-corrected chi connectivity index (χ0v) is 11.1. The topological polar surface area (TPSA) is 66.8 Å². The molecule has 0 aliphatic carbocycles. The van der Waals surface area contributed by atoms with E-state index in [9.17, 15) is 15.0 Å². The van der Waals surface area contributed by atoms with Crippen molar-refractivity contribution in [2.45, 2.75) is 71.2 Å². The molecule has 0 aliphatic heterocycles. The third-order valence-corrected chi connectivity index (χ3v) is 2.06. The number of esters is 1. The van der Waals surface area contributed by atoms with Gasteiger partial charge in [0.2, 0.25) is 0 Å². The van der Waals surface area contributed by atoms with Crippen LogP contribution in [0.15, 0.2) is 0 Å². The van der Waals surface area contributed by atoms with Crippen molar-refractivity contribution in [3.8, 4) is 0 Å². The molecule has 0 fully saturated rings. The largest absolute Gasteiger partial charge is 0.458 e. The van der Waals surface area contributed by atoms with Crippen molar-refractivity contribution in [2.75, 3.05) is 0 Å². The predicted molar refractivity (Wildman–Crippen MR) is 62.0 cm³/mol. The minimum absolute atomic E-state index is 0.172. The first-order chi connectivity index (χ1) is 6.83. The highest BCUT2D eigenvalue weighted by Crippen LogP contribution is 2.22. The molecule has 0 saturated carbocycles. The molecule has 2 N–H and O–H groups in total. The molecule has 0 heterocycles. The van der Waals surface area contributed by atoms with Crippen molar-refractivity contribution < 1.29 is 19.7 Å². The summed E-state index contributed by atoms with van der Waals surface area (Å²) in [5.74, 6) is -0.649. The molecule has 4 nitrogen and oxygen atoms in total. The van der Waals surface area contributed by atoms with Crippen molar-refractivity contribution in [2.24, 2.45) is 0 Å². The molecule has 0 bridgehead atoms. The predicted octanol–water partition coefficient (Wildman–Crippen LogP) is 1.63. The van der Waals surface area contributed by atoms with Crippen molar-refractivity contribution >= 4 is 5.97 Å². The van der Waals surface area contributed by atoms with Crippen LogP contribution < -0.4 is 0 Å². The molecule has 0 aromatic rings. The molecule has 0 amide bonds. The van der Waals surface area contributed by atoms with Crippen LogP contribution in [0.2, 0.25) is 0 Å². The highest BCUT2D eigenvalue weighted by Gasteiger charge is 2.35. The molecule has 0 aromatic carbocycles. The summed E-state index contributed by atoms with van der Waals surface area (Å²) >= 11 is 0. The smallest absolute Gasteiger partial charge is 0.338 e. The average Bonchev–Trinajstić information content (AvgIpc) is 1.96. The summed E-state index contributed by atoms with van der Waals surface area (Å²) in [6, 6.07) is 0. The summed E-state index contributed by atoms with van der Waals surface area (Å²) in [4.78, 5) is 11.6. The third kappa shape index (κ3) is 6.80. The van der Waals surface area contributed by atoms with Gasteiger partial charge in [0.1, 0.15) is 5.60 Å². The fourth-order valence-corrected chi connectivity index (χ4v) is 1.04. The lowest BCUT2D eigenvalue weighted by Gasteiger charge is -2.29. The van der Waals surface area contributed by atoms with Crippen LogP contribution in [0.3, 0.4) is 0 Å². The van der Waals surface area contributed by atoms with Crippen molar-refractivity contribution in [1.29, 1.82) is 0 Å². The second kappa shape index (κ2) is 4.72. The van der Waals surface area contributed by atoms with Crippen molar-refractivity contribution in [3.63, 3.8) is 0 Å². The monoisotopic (exact) mass is 232 g/mol. The van der Waals surface area contributed by atoms with Crippen LogP contribution in [-0.4, -0.2) is 33.0 Å². The highest BCUT2D eigenvalue weighted by atomic mass is 16.6. The highest BCUT2D eigenvalue weighted by molar-refractivity contribution is 5.79. The number of hydrogen-bond donors (Lipinski definition) is 2. The quantitative estimate of drug-likeness (QED) is 0.723. The van der Waals surface area contributed by atoms with E-state index in [2.05, 4.69) is 0 Å². The normalized spacial score (nSPS) is 16.8. The van der Waals surface area contributed by atoms with Gasteiger partial charge in [0.05, 0.1) is 5.60 Å². The van der Waals surface area contributed by atoms with Crippen molar-refractivity contribution in [3.05, 3.63) is 0 Å². The minimum atomic E-state index is -1.55. The Morgan fingerprint density at radius 2 is 1.44 bits per heavy atom. The van der Waals surface area contributed by atoms with Crippen LogP contribution >= 0.6 is 0 Å². The maximum atomic E-state index is 11.6. The zero-order valence-electron chi connectivity index (χ0n) is 11.1. The number of carbonyl (C=O) groups is 1. The Balaban J connectivity index is 4.38. The Kier molecular flexibility index (Phi) is 4.54. The maximum absolute atomic E-state index is 11.6. The third-order valence-electron chi connectivity index (χ3n) is 2.06. The van der Waals surface area contributed by atoms with Gasteiger partial charge in [-0.15, -0.1) is 0 Å². The maximum Gasteiger partial charge on any atom is 0.338 e. The molecule has 16 heavy (non-hydrogen) atoms. The summed E-state index contributed by atoms with van der Waals surface area (Å²) in [5, 5.41) is 19.5. The van der Waals surface area contributed by atoms with Crippen LogP contribution in [0.4, 0.5) is 0 Å². The second-order valence-electron chi connectivity index (χ2n) is 6.09. The van der Waals surface area contributed by atoms with Crippen LogP contribution in [0.5, 0.6) is 0 Å². The first kappa shape index (κ1) is 15.4. The first-order valence-corrected chi connectivity index (χ1v) is 5.52. The van der Waals surface area contributed by atoms with Crippen LogP contribution in [0.1, 0.15) is 54.4 Å². The Morgan fingerprint density at radius 3 is 1.75 bits per heavy atom. The zero-order chi connectivity index (χ0) is 13.2. The average molecular weight is 232 g/mol. The van der Waals surface area contributed by atoms with E-state index in [1.165, 1.54) is 6.92 Å². The Morgan fingerprint density at radius 1 is 1.00 bits per heavy atom. The van der Waals surface area contributed by atoms with Gasteiger partial charge in [0, 0.05) is 0 Å². The van der Waals surface area contributed by atoms with Gasteiger partial charge < -0.3 is 14.9 Å². The molecule has 1 atom stereocenters. The molecule has 0 aromatic heterocycles. The van der Waals surface area contributed by atoms with E-state index in [1.807, 2.05) is 0 Å². The summed E-state index contributed by atoms with van der Waals surface area (Å²) in [7, 11) is 0. The second-order valence-corrected chi connectivity index (χ2v) is 6.09. The SMILES string of the molecule is CC(C)(O)CC[C@@](C)(O)C(=O)OC(C)(C)C. The van der Waals surface area contributed by atoms with E-state index in [4.69, 9.17) is 4.74 Å². The van der Waals surface area contributed by atoms with Gasteiger partial charge in [0.25, 0.3) is 0 Å². The van der Waals surface area contributed by atoms with Gasteiger partial charge in [-0.25, -0.2) is 4.79 Å². The minimum Gasteiger partial charge on any atom is -0.458 e. The summed E-state index contributed by atoms with van der Waals surface area (Å²) in [6.45, 7) is 9.92. The van der Waals surface area contributed by atoms with E-state index in [0.29, 0.717) is 6.42 Å². The molecule has 0 rings (SSSR count). The molecule has 4 heteroatoms. The Labute approximate surface area is 97.6 Å². The standard InChI is InChI=1S/C12H24O4/c1-10(2,3)16-9(13)12(6,15)8-7-11(4,5)14/h14-15H,7-8H2,1-6H3/t12-/m1/s1. The Bertz CT molecular complexity index is 243. The lowest BCUT2D eigenvalue weighted by Crippen LogP contribution is -2.42. The first-order valence-electron chi connectivity index (χ1n) is 5.52. The number of hydrogen-bond acceptors (Lipinski definition) is 4. The summed E-state index contributed by atoms with van der Waals surface area (Å²) in [6.07, 6.45) is 0.505. The molecule has 0 saturated heterocycles. The fourth-order valence-electron chi connectivity index (χ4n) is 1.04. The lowest BCUT2D eigenvalue weighted by molar-refractivity contribution is -0.176. The molecular weight excluding hydrogens is 208 g/mol. The van der Waals surface area contributed by atoms with Crippen molar-refractivity contribution in [1.82, 2.24) is 0 Å². The fraction of sp³-hybridized carbons (Fsp3) is 0.917. The van der Waals surface area contributed by atoms with Gasteiger partial charge in [-0.2, -0.15) is 0 Å². The van der Waals surface area contributed by atoms with Crippen LogP contribution in [0.25, 0.3) is 0 Å². The van der Waals surface area contributed by atoms with E-state index in [-0.39, 0.29) is 6.42 Å². The van der Waals surface area contributed by atoms with E-state index >= 15 is 0 Å². The van der Waals surface area contributed by atoms with Gasteiger partial charge in [-0.05, 0) is 54.4 Å².